The van der Waals surface area contributed by atoms with Crippen LogP contribution in [0.5, 0.6) is 0 Å². The van der Waals surface area contributed by atoms with Gasteiger partial charge in [-0.3, -0.25) is 4.90 Å². The summed E-state index contributed by atoms with van der Waals surface area (Å²) in [4.78, 5) is 7.17. The molecule has 18 heavy (non-hydrogen) atoms. The summed E-state index contributed by atoms with van der Waals surface area (Å²) in [7, 11) is 0. The van der Waals surface area contributed by atoms with Crippen LogP contribution >= 0.6 is 11.3 Å². The highest BCUT2D eigenvalue weighted by atomic mass is 32.1. The summed E-state index contributed by atoms with van der Waals surface area (Å²) < 4.78 is 0. The second-order valence-electron chi connectivity index (χ2n) is 6.30. The minimum absolute atomic E-state index is 0.143. The monoisotopic (exact) mass is 268 g/mol. The second-order valence-corrected chi connectivity index (χ2v) is 7.25. The second kappa shape index (κ2) is 5.68. The molecule has 0 aliphatic carbocycles. The standard InChI is InChI=1S/C14H24N2OS/c1-14(2,3)12-10-18-13(15-12)8-16-6-4-5-11(7-16)9-17/h10-11,17H,4-9H2,1-3H3. The Morgan fingerprint density at radius 2 is 2.28 bits per heavy atom. The van der Waals surface area contributed by atoms with Crippen molar-refractivity contribution >= 4 is 11.3 Å². The van der Waals surface area contributed by atoms with Crippen LogP contribution in [0.4, 0.5) is 0 Å². The summed E-state index contributed by atoms with van der Waals surface area (Å²) in [6, 6.07) is 0. The number of nitrogens with zero attached hydrogens (tertiary/aromatic N) is 2. The van der Waals surface area contributed by atoms with Gasteiger partial charge in [-0.25, -0.2) is 4.98 Å². The summed E-state index contributed by atoms with van der Waals surface area (Å²) in [6.45, 7) is 10.0. The van der Waals surface area contributed by atoms with Crippen LogP contribution in [0, 0.1) is 5.92 Å². The number of aromatic nitrogens is 1. The van der Waals surface area contributed by atoms with Crippen LogP contribution in [0.2, 0.25) is 0 Å². The van der Waals surface area contributed by atoms with E-state index in [0.29, 0.717) is 12.5 Å². The molecule has 1 aromatic rings. The van der Waals surface area contributed by atoms with E-state index in [1.54, 1.807) is 11.3 Å². The van der Waals surface area contributed by atoms with Gasteiger partial charge >= 0.3 is 0 Å². The van der Waals surface area contributed by atoms with Crippen LogP contribution in [0.15, 0.2) is 5.38 Å². The topological polar surface area (TPSA) is 36.4 Å². The Morgan fingerprint density at radius 1 is 1.50 bits per heavy atom. The molecule has 0 spiro atoms. The third kappa shape index (κ3) is 3.53. The Hall–Kier alpha value is -0.450. The van der Waals surface area contributed by atoms with E-state index in [9.17, 15) is 5.11 Å². The Balaban J connectivity index is 1.95. The number of hydrogen-bond acceptors (Lipinski definition) is 4. The van der Waals surface area contributed by atoms with E-state index in [4.69, 9.17) is 4.98 Å². The fraction of sp³-hybridized carbons (Fsp3) is 0.786. The fourth-order valence-electron chi connectivity index (χ4n) is 2.36. The van der Waals surface area contributed by atoms with E-state index in [1.165, 1.54) is 17.1 Å². The van der Waals surface area contributed by atoms with Crippen molar-refractivity contribution in [3.05, 3.63) is 16.1 Å². The number of aliphatic hydroxyl groups is 1. The lowest BCUT2D eigenvalue weighted by atomic mass is 9.93. The molecule has 0 bridgehead atoms. The van der Waals surface area contributed by atoms with E-state index in [0.717, 1.165) is 26.1 Å². The number of likely N-dealkylation sites (tertiary alicyclic amines) is 1. The summed E-state index contributed by atoms with van der Waals surface area (Å²) in [5.41, 5.74) is 1.34. The molecule has 1 aliphatic heterocycles. The van der Waals surface area contributed by atoms with Crippen molar-refractivity contribution in [3.8, 4) is 0 Å². The first-order valence-corrected chi connectivity index (χ1v) is 7.65. The quantitative estimate of drug-likeness (QED) is 0.915. The molecule has 2 rings (SSSR count). The Bertz CT molecular complexity index is 383. The van der Waals surface area contributed by atoms with Gasteiger partial charge in [0.25, 0.3) is 0 Å². The van der Waals surface area contributed by atoms with Gasteiger partial charge in [0.2, 0.25) is 0 Å². The van der Waals surface area contributed by atoms with Crippen LogP contribution < -0.4 is 0 Å². The summed E-state index contributed by atoms with van der Waals surface area (Å²) >= 11 is 1.76. The van der Waals surface area contributed by atoms with Gasteiger partial charge in [0, 0.05) is 23.9 Å². The van der Waals surface area contributed by atoms with Crippen LogP contribution in [0.3, 0.4) is 0 Å². The smallest absolute Gasteiger partial charge is 0.107 e. The molecule has 1 aromatic heterocycles. The van der Waals surface area contributed by atoms with Crippen molar-refractivity contribution in [2.75, 3.05) is 19.7 Å². The van der Waals surface area contributed by atoms with Crippen molar-refractivity contribution in [3.63, 3.8) is 0 Å². The molecule has 1 aliphatic rings. The number of aliphatic hydroxyl groups excluding tert-OH is 1. The maximum absolute atomic E-state index is 9.25. The summed E-state index contributed by atoms with van der Waals surface area (Å²) in [5.74, 6) is 0.459. The largest absolute Gasteiger partial charge is 0.396 e. The molecular weight excluding hydrogens is 244 g/mol. The number of thiazole rings is 1. The van der Waals surface area contributed by atoms with Crippen LogP contribution in [-0.4, -0.2) is 34.7 Å². The number of hydrogen-bond donors (Lipinski definition) is 1. The predicted octanol–water partition coefficient (Wildman–Crippen LogP) is 2.64. The Kier molecular flexibility index (Phi) is 4.41. The molecule has 102 valence electrons. The van der Waals surface area contributed by atoms with Crippen molar-refractivity contribution < 1.29 is 5.11 Å². The minimum atomic E-state index is 0.143. The summed E-state index contributed by atoms with van der Waals surface area (Å²) in [5, 5.41) is 12.6. The summed E-state index contributed by atoms with van der Waals surface area (Å²) in [6.07, 6.45) is 2.36. The van der Waals surface area contributed by atoms with E-state index in [2.05, 4.69) is 31.1 Å². The van der Waals surface area contributed by atoms with Gasteiger partial charge < -0.3 is 5.11 Å². The van der Waals surface area contributed by atoms with Gasteiger partial charge in [0.05, 0.1) is 12.2 Å². The third-order valence-corrected chi connectivity index (χ3v) is 4.37. The molecule has 1 atom stereocenters. The lowest BCUT2D eigenvalue weighted by Crippen LogP contribution is -2.36. The maximum atomic E-state index is 9.25. The SMILES string of the molecule is CC(C)(C)c1csc(CN2CCCC(CO)C2)n1. The first-order valence-electron chi connectivity index (χ1n) is 6.77. The number of piperidine rings is 1. The van der Waals surface area contributed by atoms with Crippen molar-refractivity contribution in [1.29, 1.82) is 0 Å². The van der Waals surface area contributed by atoms with Crippen LogP contribution in [0.25, 0.3) is 0 Å². The molecule has 0 aromatic carbocycles. The average molecular weight is 268 g/mol. The minimum Gasteiger partial charge on any atom is -0.396 e. The molecule has 0 radical (unpaired) electrons. The molecule has 2 heterocycles. The molecule has 1 saturated heterocycles. The molecule has 0 amide bonds. The first kappa shape index (κ1) is 14.0. The van der Waals surface area contributed by atoms with Crippen LogP contribution in [0.1, 0.15) is 44.3 Å². The highest BCUT2D eigenvalue weighted by molar-refractivity contribution is 7.09. The molecule has 1 fully saturated rings. The molecular formula is C14H24N2OS. The van der Waals surface area contributed by atoms with Gasteiger partial charge in [-0.2, -0.15) is 0 Å². The zero-order chi connectivity index (χ0) is 13.2. The van der Waals surface area contributed by atoms with E-state index in [1.807, 2.05) is 0 Å². The van der Waals surface area contributed by atoms with Crippen LogP contribution in [-0.2, 0) is 12.0 Å². The normalized spacial score (nSPS) is 22.3. The Morgan fingerprint density at radius 3 is 2.89 bits per heavy atom. The van der Waals surface area contributed by atoms with Gasteiger partial charge in [-0.1, -0.05) is 20.8 Å². The highest BCUT2D eigenvalue weighted by Gasteiger charge is 2.21. The van der Waals surface area contributed by atoms with Crippen molar-refractivity contribution in [2.45, 2.75) is 45.6 Å². The highest BCUT2D eigenvalue weighted by Crippen LogP contribution is 2.25. The molecule has 1 N–H and O–H groups in total. The van der Waals surface area contributed by atoms with Gasteiger partial charge in [-0.15, -0.1) is 11.3 Å². The van der Waals surface area contributed by atoms with E-state index >= 15 is 0 Å². The van der Waals surface area contributed by atoms with Crippen molar-refractivity contribution in [2.24, 2.45) is 5.92 Å². The maximum Gasteiger partial charge on any atom is 0.107 e. The lowest BCUT2D eigenvalue weighted by molar-refractivity contribution is 0.116. The molecule has 1 unspecified atom stereocenters. The lowest BCUT2D eigenvalue weighted by Gasteiger charge is -2.31. The average Bonchev–Trinajstić information content (AvgIpc) is 2.77. The zero-order valence-electron chi connectivity index (χ0n) is 11.6. The third-order valence-electron chi connectivity index (χ3n) is 3.54. The fourth-order valence-corrected chi connectivity index (χ4v) is 3.43. The van der Waals surface area contributed by atoms with Gasteiger partial charge in [0.1, 0.15) is 5.01 Å². The molecule has 4 heteroatoms. The predicted molar refractivity (Wildman–Crippen MR) is 75.9 cm³/mol. The van der Waals surface area contributed by atoms with E-state index < -0.39 is 0 Å². The van der Waals surface area contributed by atoms with E-state index in [-0.39, 0.29) is 5.41 Å². The van der Waals surface area contributed by atoms with Crippen molar-refractivity contribution in [1.82, 2.24) is 9.88 Å². The van der Waals surface area contributed by atoms with Gasteiger partial charge in [-0.05, 0) is 25.3 Å². The van der Waals surface area contributed by atoms with Gasteiger partial charge in [0.15, 0.2) is 0 Å². The molecule has 0 saturated carbocycles. The molecule has 3 nitrogen and oxygen atoms in total. The zero-order valence-corrected chi connectivity index (χ0v) is 12.5. The number of rotatable bonds is 3. The first-order chi connectivity index (χ1) is 8.49. The Labute approximate surface area is 114 Å².